The zero-order valence-corrected chi connectivity index (χ0v) is 14.9. The zero-order valence-electron chi connectivity index (χ0n) is 14.9. The van der Waals surface area contributed by atoms with Crippen molar-refractivity contribution in [3.05, 3.63) is 47.5 Å². The number of hydrogen-bond acceptors (Lipinski definition) is 4. The molecule has 0 fully saturated rings. The van der Waals surface area contributed by atoms with Gasteiger partial charge < -0.3 is 14.2 Å². The van der Waals surface area contributed by atoms with E-state index in [2.05, 4.69) is 45.0 Å². The Morgan fingerprint density at radius 3 is 2.68 bits per heavy atom. The third-order valence-electron chi connectivity index (χ3n) is 4.66. The van der Waals surface area contributed by atoms with Crippen LogP contribution in [0.5, 0.6) is 17.2 Å². The predicted octanol–water partition coefficient (Wildman–Crippen LogP) is 5.07. The van der Waals surface area contributed by atoms with Crippen molar-refractivity contribution >= 4 is 10.9 Å². The molecule has 0 aliphatic carbocycles. The lowest BCUT2D eigenvalue weighted by atomic mass is 9.98. The van der Waals surface area contributed by atoms with Gasteiger partial charge in [-0.15, -0.1) is 0 Å². The van der Waals surface area contributed by atoms with E-state index in [0.29, 0.717) is 23.2 Å². The first-order chi connectivity index (χ1) is 12.1. The lowest BCUT2D eigenvalue weighted by Crippen LogP contribution is -1.94. The van der Waals surface area contributed by atoms with Crippen LogP contribution in [0.4, 0.5) is 0 Å². The summed E-state index contributed by atoms with van der Waals surface area (Å²) in [7, 11) is 1.63. The van der Waals surface area contributed by atoms with Crippen molar-refractivity contribution in [2.45, 2.75) is 26.7 Å². The van der Waals surface area contributed by atoms with Gasteiger partial charge in [0, 0.05) is 10.9 Å². The first-order valence-electron chi connectivity index (χ1n) is 8.46. The van der Waals surface area contributed by atoms with Gasteiger partial charge in [0.2, 0.25) is 12.5 Å². The first-order valence-corrected chi connectivity index (χ1v) is 8.46. The van der Waals surface area contributed by atoms with Gasteiger partial charge in [-0.2, -0.15) is 0 Å². The number of aryl methyl sites for hydroxylation is 1. The average Bonchev–Trinajstić information content (AvgIpc) is 3.09. The SMILES string of the molecule is COc1cc(-c2cc(C)c3cc(C(C)C)ccc3n2)cc2c1OCO2. The van der Waals surface area contributed by atoms with Gasteiger partial charge in [0.1, 0.15) is 0 Å². The third-order valence-corrected chi connectivity index (χ3v) is 4.66. The maximum atomic E-state index is 5.53. The zero-order chi connectivity index (χ0) is 17.6. The summed E-state index contributed by atoms with van der Waals surface area (Å²) in [5, 5.41) is 1.20. The minimum Gasteiger partial charge on any atom is -0.493 e. The molecular formula is C21H21NO3. The Hall–Kier alpha value is -2.75. The molecule has 0 unspecified atom stereocenters. The highest BCUT2D eigenvalue weighted by Crippen LogP contribution is 2.44. The fraction of sp³-hybridized carbons (Fsp3) is 0.286. The molecule has 25 heavy (non-hydrogen) atoms. The molecule has 0 atom stereocenters. The average molecular weight is 335 g/mol. The fourth-order valence-electron chi connectivity index (χ4n) is 3.20. The van der Waals surface area contributed by atoms with Crippen molar-refractivity contribution in [3.63, 3.8) is 0 Å². The molecule has 0 bridgehead atoms. The molecule has 0 spiro atoms. The van der Waals surface area contributed by atoms with Gasteiger partial charge in [-0.25, -0.2) is 4.98 Å². The summed E-state index contributed by atoms with van der Waals surface area (Å²) in [6.07, 6.45) is 0. The maximum absolute atomic E-state index is 5.53. The van der Waals surface area contributed by atoms with Gasteiger partial charge in [-0.05, 0) is 54.3 Å². The summed E-state index contributed by atoms with van der Waals surface area (Å²) < 4.78 is 16.5. The molecule has 1 aliphatic heterocycles. The highest BCUT2D eigenvalue weighted by molar-refractivity contribution is 5.86. The molecule has 1 aliphatic rings. The minimum absolute atomic E-state index is 0.220. The van der Waals surface area contributed by atoms with E-state index in [1.165, 1.54) is 16.5 Å². The van der Waals surface area contributed by atoms with Gasteiger partial charge in [0.25, 0.3) is 0 Å². The van der Waals surface area contributed by atoms with Crippen molar-refractivity contribution < 1.29 is 14.2 Å². The highest BCUT2D eigenvalue weighted by atomic mass is 16.7. The van der Waals surface area contributed by atoms with Crippen LogP contribution in [-0.4, -0.2) is 18.9 Å². The molecule has 4 nitrogen and oxygen atoms in total. The molecule has 2 heterocycles. The number of pyridine rings is 1. The summed E-state index contributed by atoms with van der Waals surface area (Å²) in [5.41, 5.74) is 5.39. The lowest BCUT2D eigenvalue weighted by molar-refractivity contribution is 0.171. The smallest absolute Gasteiger partial charge is 0.231 e. The Morgan fingerprint density at radius 1 is 1.08 bits per heavy atom. The first kappa shape index (κ1) is 15.8. The van der Waals surface area contributed by atoms with Crippen LogP contribution in [-0.2, 0) is 0 Å². The van der Waals surface area contributed by atoms with Gasteiger partial charge in [0.05, 0.1) is 18.3 Å². The number of aromatic nitrogens is 1. The number of ether oxygens (including phenoxy) is 3. The summed E-state index contributed by atoms with van der Waals surface area (Å²) >= 11 is 0. The van der Waals surface area contributed by atoms with Gasteiger partial charge in [-0.3, -0.25) is 0 Å². The Bertz CT molecular complexity index is 963. The van der Waals surface area contributed by atoms with Crippen LogP contribution >= 0.6 is 0 Å². The molecule has 0 N–H and O–H groups in total. The molecule has 4 rings (SSSR count). The van der Waals surface area contributed by atoms with Crippen LogP contribution in [0.3, 0.4) is 0 Å². The number of nitrogens with zero attached hydrogens (tertiary/aromatic N) is 1. The number of fused-ring (bicyclic) bond motifs is 2. The summed E-state index contributed by atoms with van der Waals surface area (Å²) in [5.74, 6) is 2.52. The molecule has 4 heteroatoms. The van der Waals surface area contributed by atoms with E-state index >= 15 is 0 Å². The quantitative estimate of drug-likeness (QED) is 0.670. The Morgan fingerprint density at radius 2 is 1.92 bits per heavy atom. The van der Waals surface area contributed by atoms with Crippen molar-refractivity contribution in [2.75, 3.05) is 13.9 Å². The van der Waals surface area contributed by atoms with Crippen molar-refractivity contribution in [1.29, 1.82) is 0 Å². The molecule has 0 radical (unpaired) electrons. The summed E-state index contributed by atoms with van der Waals surface area (Å²) in [4.78, 5) is 4.86. The third kappa shape index (κ3) is 2.68. The van der Waals surface area contributed by atoms with E-state index in [-0.39, 0.29) is 6.79 Å². The molecule has 2 aromatic carbocycles. The van der Waals surface area contributed by atoms with Crippen LogP contribution in [0.1, 0.15) is 30.9 Å². The normalized spacial score (nSPS) is 12.8. The molecule has 3 aromatic rings. The second-order valence-corrected chi connectivity index (χ2v) is 6.67. The largest absolute Gasteiger partial charge is 0.493 e. The van der Waals surface area contributed by atoms with Crippen molar-refractivity contribution in [1.82, 2.24) is 4.98 Å². The molecule has 128 valence electrons. The van der Waals surface area contributed by atoms with Crippen molar-refractivity contribution in [2.24, 2.45) is 0 Å². The number of hydrogen-bond donors (Lipinski definition) is 0. The van der Waals surface area contributed by atoms with E-state index in [0.717, 1.165) is 16.8 Å². The van der Waals surface area contributed by atoms with Crippen LogP contribution in [0.15, 0.2) is 36.4 Å². The van der Waals surface area contributed by atoms with E-state index in [1.807, 2.05) is 12.1 Å². The topological polar surface area (TPSA) is 40.6 Å². The predicted molar refractivity (Wildman–Crippen MR) is 98.7 cm³/mol. The minimum atomic E-state index is 0.220. The molecular weight excluding hydrogens is 314 g/mol. The number of methoxy groups -OCH3 is 1. The molecule has 1 aromatic heterocycles. The standard InChI is InChI=1S/C21H21NO3/c1-12(2)14-5-6-17-16(8-14)13(3)7-18(22-17)15-9-19(23-4)21-20(10-15)24-11-25-21/h5-10,12H,11H2,1-4H3. The van der Waals surface area contributed by atoms with E-state index < -0.39 is 0 Å². The Labute approximate surface area is 147 Å². The van der Waals surface area contributed by atoms with Gasteiger partial charge in [0.15, 0.2) is 11.5 Å². The lowest BCUT2D eigenvalue weighted by Gasteiger charge is -2.12. The Kier molecular flexibility index (Phi) is 3.75. The van der Waals surface area contributed by atoms with Gasteiger partial charge >= 0.3 is 0 Å². The van der Waals surface area contributed by atoms with Crippen molar-refractivity contribution in [3.8, 4) is 28.5 Å². The van der Waals surface area contributed by atoms with E-state index in [9.17, 15) is 0 Å². The molecule has 0 saturated carbocycles. The molecule has 0 saturated heterocycles. The van der Waals surface area contributed by atoms with Crippen LogP contribution in [0, 0.1) is 6.92 Å². The van der Waals surface area contributed by atoms with E-state index in [4.69, 9.17) is 19.2 Å². The van der Waals surface area contributed by atoms with Crippen LogP contribution in [0.2, 0.25) is 0 Å². The maximum Gasteiger partial charge on any atom is 0.231 e. The van der Waals surface area contributed by atoms with E-state index in [1.54, 1.807) is 7.11 Å². The number of benzene rings is 2. The highest BCUT2D eigenvalue weighted by Gasteiger charge is 2.21. The monoisotopic (exact) mass is 335 g/mol. The second kappa shape index (κ2) is 5.96. The summed E-state index contributed by atoms with van der Waals surface area (Å²) in [6, 6.07) is 12.5. The second-order valence-electron chi connectivity index (χ2n) is 6.67. The fourth-order valence-corrected chi connectivity index (χ4v) is 3.20. The molecule has 0 amide bonds. The van der Waals surface area contributed by atoms with Gasteiger partial charge in [-0.1, -0.05) is 19.9 Å². The van der Waals surface area contributed by atoms with Crippen LogP contribution in [0.25, 0.3) is 22.2 Å². The Balaban J connectivity index is 1.86. The summed E-state index contributed by atoms with van der Waals surface area (Å²) in [6.45, 7) is 6.76. The van der Waals surface area contributed by atoms with Crippen LogP contribution < -0.4 is 14.2 Å². The number of rotatable bonds is 3.